The van der Waals surface area contributed by atoms with Crippen molar-refractivity contribution in [2.24, 2.45) is 5.73 Å². The molecule has 0 radical (unpaired) electrons. The highest BCUT2D eigenvalue weighted by molar-refractivity contribution is 5.50. The lowest BCUT2D eigenvalue weighted by Crippen LogP contribution is -2.44. The Labute approximate surface area is 108 Å². The molecule has 0 bridgehead atoms. The van der Waals surface area contributed by atoms with Crippen LogP contribution >= 0.6 is 0 Å². The average molecular weight is 247 g/mol. The zero-order chi connectivity index (χ0) is 12.6. The van der Waals surface area contributed by atoms with Crippen molar-refractivity contribution in [2.45, 2.75) is 44.6 Å². The first-order valence-electron chi connectivity index (χ1n) is 6.95. The fraction of sp³-hybridized carbons (Fsp3) is 0.600. The van der Waals surface area contributed by atoms with E-state index < -0.39 is 0 Å². The Morgan fingerprint density at radius 3 is 2.33 bits per heavy atom. The van der Waals surface area contributed by atoms with Gasteiger partial charge in [-0.15, -0.1) is 0 Å². The highest BCUT2D eigenvalue weighted by Crippen LogP contribution is 2.44. The molecule has 18 heavy (non-hydrogen) atoms. The summed E-state index contributed by atoms with van der Waals surface area (Å²) in [6.45, 7) is 3.64. The van der Waals surface area contributed by atoms with E-state index in [0.29, 0.717) is 0 Å². The van der Waals surface area contributed by atoms with E-state index in [-0.39, 0.29) is 5.54 Å². The van der Waals surface area contributed by atoms with Crippen LogP contribution in [-0.4, -0.2) is 13.2 Å². The molecule has 3 rings (SSSR count). The molecule has 0 spiro atoms. The number of ether oxygens (including phenoxy) is 2. The van der Waals surface area contributed by atoms with E-state index in [4.69, 9.17) is 15.2 Å². The van der Waals surface area contributed by atoms with Crippen LogP contribution in [0.4, 0.5) is 0 Å². The lowest BCUT2D eigenvalue weighted by molar-refractivity contribution is 0.250. The Hall–Kier alpha value is -1.22. The highest BCUT2D eigenvalue weighted by Gasteiger charge is 2.36. The first-order valence-corrected chi connectivity index (χ1v) is 6.95. The van der Waals surface area contributed by atoms with Gasteiger partial charge in [-0.2, -0.15) is 0 Å². The van der Waals surface area contributed by atoms with Crippen LogP contribution in [0.15, 0.2) is 12.1 Å². The SMILES string of the molecule is CCc1cc2c(cc1C1(N)CCC1)OCCCO2. The number of benzene rings is 1. The summed E-state index contributed by atoms with van der Waals surface area (Å²) in [5.74, 6) is 1.76. The molecule has 0 saturated heterocycles. The van der Waals surface area contributed by atoms with Gasteiger partial charge in [0.2, 0.25) is 0 Å². The molecule has 3 heteroatoms. The van der Waals surface area contributed by atoms with Gasteiger partial charge in [0.15, 0.2) is 11.5 Å². The molecule has 0 unspecified atom stereocenters. The van der Waals surface area contributed by atoms with Crippen LogP contribution in [0.3, 0.4) is 0 Å². The summed E-state index contributed by atoms with van der Waals surface area (Å²) in [5.41, 5.74) is 8.92. The molecule has 3 nitrogen and oxygen atoms in total. The second-order valence-corrected chi connectivity index (χ2v) is 5.37. The van der Waals surface area contributed by atoms with E-state index in [2.05, 4.69) is 19.1 Å². The third-order valence-corrected chi connectivity index (χ3v) is 4.14. The van der Waals surface area contributed by atoms with Gasteiger partial charge in [-0.05, 0) is 48.9 Å². The molecule has 0 aromatic heterocycles. The molecule has 1 heterocycles. The predicted octanol–water partition coefficient (Wildman–Crippen LogP) is 2.75. The van der Waals surface area contributed by atoms with Crippen molar-refractivity contribution in [2.75, 3.05) is 13.2 Å². The van der Waals surface area contributed by atoms with Crippen LogP contribution < -0.4 is 15.2 Å². The maximum atomic E-state index is 6.48. The normalized spacial score (nSPS) is 21.0. The molecule has 1 aromatic rings. The predicted molar refractivity (Wildman–Crippen MR) is 71.1 cm³/mol. The van der Waals surface area contributed by atoms with Gasteiger partial charge in [-0.25, -0.2) is 0 Å². The van der Waals surface area contributed by atoms with Crippen LogP contribution in [0, 0.1) is 0 Å². The summed E-state index contributed by atoms with van der Waals surface area (Å²) in [6, 6.07) is 4.25. The van der Waals surface area contributed by atoms with Crippen molar-refractivity contribution in [3.05, 3.63) is 23.3 Å². The Balaban J connectivity index is 2.05. The van der Waals surface area contributed by atoms with Crippen LogP contribution in [-0.2, 0) is 12.0 Å². The minimum atomic E-state index is -0.129. The summed E-state index contributed by atoms with van der Waals surface area (Å²) >= 11 is 0. The smallest absolute Gasteiger partial charge is 0.161 e. The Morgan fingerprint density at radius 2 is 1.78 bits per heavy atom. The van der Waals surface area contributed by atoms with Crippen LogP contribution in [0.2, 0.25) is 0 Å². The Morgan fingerprint density at radius 1 is 1.11 bits per heavy atom. The van der Waals surface area contributed by atoms with Gasteiger partial charge < -0.3 is 15.2 Å². The quantitative estimate of drug-likeness (QED) is 0.874. The summed E-state index contributed by atoms with van der Waals surface area (Å²) in [4.78, 5) is 0. The van der Waals surface area contributed by atoms with E-state index in [1.165, 1.54) is 17.5 Å². The van der Waals surface area contributed by atoms with Gasteiger partial charge in [0.05, 0.1) is 13.2 Å². The molecule has 2 N–H and O–H groups in total. The zero-order valence-corrected chi connectivity index (χ0v) is 11.0. The topological polar surface area (TPSA) is 44.5 Å². The summed E-state index contributed by atoms with van der Waals surface area (Å²) in [5, 5.41) is 0. The fourth-order valence-electron chi connectivity index (χ4n) is 2.83. The van der Waals surface area contributed by atoms with Gasteiger partial charge in [-0.3, -0.25) is 0 Å². The monoisotopic (exact) mass is 247 g/mol. The van der Waals surface area contributed by atoms with Gasteiger partial charge >= 0.3 is 0 Å². The minimum Gasteiger partial charge on any atom is -0.490 e. The molecule has 1 saturated carbocycles. The van der Waals surface area contributed by atoms with E-state index >= 15 is 0 Å². The Bertz CT molecular complexity index is 452. The first kappa shape index (κ1) is 11.8. The zero-order valence-electron chi connectivity index (χ0n) is 11.0. The molecule has 1 fully saturated rings. The van der Waals surface area contributed by atoms with Gasteiger partial charge in [-0.1, -0.05) is 6.92 Å². The molecule has 2 aliphatic rings. The third-order valence-electron chi connectivity index (χ3n) is 4.14. The van der Waals surface area contributed by atoms with Crippen LogP contribution in [0.1, 0.15) is 43.7 Å². The average Bonchev–Trinajstić information content (AvgIpc) is 2.58. The van der Waals surface area contributed by atoms with Gasteiger partial charge in [0, 0.05) is 12.0 Å². The highest BCUT2D eigenvalue weighted by atomic mass is 16.5. The number of aryl methyl sites for hydroxylation is 1. The molecular weight excluding hydrogens is 226 g/mol. The van der Waals surface area contributed by atoms with Crippen molar-refractivity contribution >= 4 is 0 Å². The van der Waals surface area contributed by atoms with Crippen molar-refractivity contribution < 1.29 is 9.47 Å². The second kappa shape index (κ2) is 4.47. The Kier molecular flexibility index (Phi) is 2.94. The molecular formula is C15H21NO2. The molecule has 1 aliphatic carbocycles. The van der Waals surface area contributed by atoms with E-state index in [1.54, 1.807) is 0 Å². The molecule has 0 atom stereocenters. The van der Waals surface area contributed by atoms with Crippen molar-refractivity contribution in [3.8, 4) is 11.5 Å². The van der Waals surface area contributed by atoms with E-state index in [9.17, 15) is 0 Å². The van der Waals surface area contributed by atoms with Crippen molar-refractivity contribution in [3.63, 3.8) is 0 Å². The summed E-state index contributed by atoms with van der Waals surface area (Å²) in [7, 11) is 0. The number of hydrogen-bond donors (Lipinski definition) is 1. The number of fused-ring (bicyclic) bond motifs is 1. The molecule has 0 amide bonds. The van der Waals surface area contributed by atoms with Gasteiger partial charge in [0.25, 0.3) is 0 Å². The van der Waals surface area contributed by atoms with Crippen LogP contribution in [0.5, 0.6) is 11.5 Å². The number of nitrogens with two attached hydrogens (primary N) is 1. The fourth-order valence-corrected chi connectivity index (χ4v) is 2.83. The standard InChI is InChI=1S/C15H21NO2/c1-2-11-9-13-14(18-8-4-7-17-13)10-12(11)15(16)5-3-6-15/h9-10H,2-8,16H2,1H3. The summed E-state index contributed by atoms with van der Waals surface area (Å²) in [6.07, 6.45) is 5.33. The maximum absolute atomic E-state index is 6.48. The number of rotatable bonds is 2. The van der Waals surface area contributed by atoms with Crippen molar-refractivity contribution in [1.82, 2.24) is 0 Å². The minimum absolute atomic E-state index is 0.129. The maximum Gasteiger partial charge on any atom is 0.161 e. The van der Waals surface area contributed by atoms with Crippen LogP contribution in [0.25, 0.3) is 0 Å². The molecule has 98 valence electrons. The molecule has 1 aromatic carbocycles. The number of hydrogen-bond acceptors (Lipinski definition) is 3. The lowest BCUT2D eigenvalue weighted by atomic mass is 9.71. The first-order chi connectivity index (χ1) is 8.73. The largest absolute Gasteiger partial charge is 0.490 e. The lowest BCUT2D eigenvalue weighted by Gasteiger charge is -2.40. The molecule has 1 aliphatic heterocycles. The second-order valence-electron chi connectivity index (χ2n) is 5.37. The van der Waals surface area contributed by atoms with Gasteiger partial charge in [0.1, 0.15) is 0 Å². The van der Waals surface area contributed by atoms with E-state index in [0.717, 1.165) is 50.4 Å². The van der Waals surface area contributed by atoms with E-state index in [1.807, 2.05) is 0 Å². The summed E-state index contributed by atoms with van der Waals surface area (Å²) < 4.78 is 11.5. The third kappa shape index (κ3) is 1.87. The van der Waals surface area contributed by atoms with Crippen molar-refractivity contribution in [1.29, 1.82) is 0 Å².